The smallest absolute Gasteiger partial charge is 0.222 e. The maximum Gasteiger partial charge on any atom is 0.222 e. The third-order valence-corrected chi connectivity index (χ3v) is 5.68. The molecule has 3 rings (SSSR count). The predicted octanol–water partition coefficient (Wildman–Crippen LogP) is 4.25. The molecule has 0 saturated carbocycles. The van der Waals surface area contributed by atoms with Crippen molar-refractivity contribution in [2.24, 2.45) is 4.99 Å². The van der Waals surface area contributed by atoms with E-state index in [0.29, 0.717) is 36.2 Å². The van der Waals surface area contributed by atoms with Crippen molar-refractivity contribution in [3.8, 4) is 11.5 Å². The molecule has 0 aliphatic heterocycles. The van der Waals surface area contributed by atoms with Gasteiger partial charge in [-0.3, -0.25) is 5.41 Å². The van der Waals surface area contributed by atoms with Gasteiger partial charge in [0.05, 0.1) is 26.9 Å². The molecule has 2 aromatic carbocycles. The van der Waals surface area contributed by atoms with Crippen LogP contribution in [0.5, 0.6) is 11.5 Å². The van der Waals surface area contributed by atoms with Crippen molar-refractivity contribution < 1.29 is 19.3 Å². The summed E-state index contributed by atoms with van der Waals surface area (Å²) in [7, 11) is 1.55. The zero-order chi connectivity index (χ0) is 24.0. The predicted molar refractivity (Wildman–Crippen MR) is 131 cm³/mol. The minimum absolute atomic E-state index is 0.0572. The number of aliphatic hydroxyl groups is 1. The molecule has 1 unspecified atom stereocenters. The Bertz CT molecular complexity index is 1020. The van der Waals surface area contributed by atoms with Gasteiger partial charge in [-0.05, 0) is 69.9 Å². The van der Waals surface area contributed by atoms with Gasteiger partial charge in [-0.15, -0.1) is 0 Å². The van der Waals surface area contributed by atoms with Gasteiger partial charge in [0.1, 0.15) is 0 Å². The van der Waals surface area contributed by atoms with Gasteiger partial charge in [-0.1, -0.05) is 18.2 Å². The summed E-state index contributed by atoms with van der Waals surface area (Å²) in [4.78, 5) is 4.53. The summed E-state index contributed by atoms with van der Waals surface area (Å²) in [5, 5.41) is 21.9. The van der Waals surface area contributed by atoms with E-state index >= 15 is 0 Å². The lowest BCUT2D eigenvalue weighted by Crippen LogP contribution is -2.44. The normalized spacial score (nSPS) is 15.8. The van der Waals surface area contributed by atoms with Crippen molar-refractivity contribution in [1.82, 2.24) is 5.32 Å². The van der Waals surface area contributed by atoms with Crippen LogP contribution < -0.4 is 14.8 Å². The number of aliphatic imine (C=N–C) groups is 1. The van der Waals surface area contributed by atoms with Gasteiger partial charge in [0.25, 0.3) is 0 Å². The third kappa shape index (κ3) is 5.72. The molecule has 0 bridgehead atoms. The molecule has 0 heterocycles. The molecular formula is C26H35N3O4. The zero-order valence-electron chi connectivity index (χ0n) is 20.2. The largest absolute Gasteiger partial charge is 0.490 e. The molecule has 2 aromatic rings. The van der Waals surface area contributed by atoms with Gasteiger partial charge in [0.15, 0.2) is 17.3 Å². The average molecular weight is 454 g/mol. The number of nitrogens with one attached hydrogen (secondary N) is 2. The number of benzene rings is 2. The standard InChI is InChI=1S/C26H35N3O4/c1-6-32-22-14-11-17(15-23(22)33-7-2)25(31-5)28-24(27)20-10-8-9-19-18(20)12-13-21(19)29-26(3,4)16-30/h8-11,14-15,21,27,29-30H,6-7,12-13,16H2,1-5H3. The number of ether oxygens (including phenoxy) is 3. The van der Waals surface area contributed by atoms with E-state index in [1.54, 1.807) is 7.11 Å². The van der Waals surface area contributed by atoms with Crippen LogP contribution in [0, 0.1) is 5.41 Å². The van der Waals surface area contributed by atoms with Gasteiger partial charge < -0.3 is 24.6 Å². The molecular weight excluding hydrogens is 418 g/mol. The van der Waals surface area contributed by atoms with Crippen LogP contribution in [0.3, 0.4) is 0 Å². The van der Waals surface area contributed by atoms with Crippen molar-refractivity contribution in [2.75, 3.05) is 26.9 Å². The van der Waals surface area contributed by atoms with Gasteiger partial charge in [0, 0.05) is 22.7 Å². The van der Waals surface area contributed by atoms with Crippen LogP contribution in [-0.4, -0.2) is 49.3 Å². The molecule has 7 nitrogen and oxygen atoms in total. The number of methoxy groups -OCH3 is 1. The highest BCUT2D eigenvalue weighted by Crippen LogP contribution is 2.35. The minimum atomic E-state index is -0.372. The van der Waals surface area contributed by atoms with E-state index in [0.717, 1.165) is 29.5 Å². The van der Waals surface area contributed by atoms with E-state index in [-0.39, 0.29) is 24.0 Å². The maximum atomic E-state index is 9.63. The fraction of sp³-hybridized carbons (Fsp3) is 0.462. The van der Waals surface area contributed by atoms with Crippen LogP contribution in [-0.2, 0) is 11.2 Å². The molecule has 0 spiro atoms. The number of fused-ring (bicyclic) bond motifs is 1. The lowest BCUT2D eigenvalue weighted by molar-refractivity contribution is 0.175. The van der Waals surface area contributed by atoms with E-state index in [2.05, 4.69) is 16.4 Å². The van der Waals surface area contributed by atoms with Crippen LogP contribution in [0.2, 0.25) is 0 Å². The molecule has 0 aromatic heterocycles. The van der Waals surface area contributed by atoms with Crippen LogP contribution in [0.25, 0.3) is 0 Å². The fourth-order valence-corrected chi connectivity index (χ4v) is 4.12. The second kappa shape index (κ2) is 10.8. The number of rotatable bonds is 9. The quantitative estimate of drug-likeness (QED) is 0.390. The molecule has 1 aliphatic rings. The SMILES string of the molecule is CCOc1ccc(C(=NC(=N)c2cccc3c2CCC3NC(C)(C)CO)OC)cc1OCC. The highest BCUT2D eigenvalue weighted by Gasteiger charge is 2.30. The number of hydrogen-bond donors (Lipinski definition) is 3. The number of aliphatic hydroxyl groups excluding tert-OH is 1. The molecule has 33 heavy (non-hydrogen) atoms. The topological polar surface area (TPSA) is 96.2 Å². The molecule has 1 aliphatic carbocycles. The summed E-state index contributed by atoms with van der Waals surface area (Å²) in [5.41, 5.74) is 3.42. The number of hydrogen-bond acceptors (Lipinski definition) is 6. The Morgan fingerprint density at radius 1 is 1.15 bits per heavy atom. The van der Waals surface area contributed by atoms with Gasteiger partial charge in [-0.25, -0.2) is 0 Å². The summed E-state index contributed by atoms with van der Waals surface area (Å²) in [6, 6.07) is 11.6. The number of amidine groups is 1. The molecule has 3 N–H and O–H groups in total. The highest BCUT2D eigenvalue weighted by atomic mass is 16.5. The van der Waals surface area contributed by atoms with Crippen molar-refractivity contribution in [1.29, 1.82) is 5.41 Å². The van der Waals surface area contributed by atoms with Crippen molar-refractivity contribution in [3.63, 3.8) is 0 Å². The first-order chi connectivity index (χ1) is 15.8. The second-order valence-corrected chi connectivity index (χ2v) is 8.65. The Morgan fingerprint density at radius 3 is 2.55 bits per heavy atom. The van der Waals surface area contributed by atoms with Crippen molar-refractivity contribution in [3.05, 3.63) is 58.7 Å². The van der Waals surface area contributed by atoms with Gasteiger partial charge in [0.2, 0.25) is 5.90 Å². The van der Waals surface area contributed by atoms with Crippen LogP contribution in [0.15, 0.2) is 41.4 Å². The second-order valence-electron chi connectivity index (χ2n) is 8.65. The van der Waals surface area contributed by atoms with Crippen LogP contribution >= 0.6 is 0 Å². The molecule has 0 radical (unpaired) electrons. The highest BCUT2D eigenvalue weighted by molar-refractivity contribution is 6.09. The molecule has 7 heteroatoms. The average Bonchev–Trinajstić information content (AvgIpc) is 3.21. The summed E-state index contributed by atoms with van der Waals surface area (Å²) in [6.07, 6.45) is 1.77. The Labute approximate surface area is 196 Å². The maximum absolute atomic E-state index is 9.63. The molecule has 178 valence electrons. The Hall–Kier alpha value is -2.90. The summed E-state index contributed by atoms with van der Waals surface area (Å²) >= 11 is 0. The first-order valence-corrected chi connectivity index (χ1v) is 11.5. The monoisotopic (exact) mass is 453 g/mol. The van der Waals surface area contributed by atoms with Crippen LogP contribution in [0.4, 0.5) is 0 Å². The lowest BCUT2D eigenvalue weighted by Gasteiger charge is -2.28. The Balaban J connectivity index is 1.91. The van der Waals surface area contributed by atoms with E-state index in [4.69, 9.17) is 19.6 Å². The first-order valence-electron chi connectivity index (χ1n) is 11.5. The summed E-state index contributed by atoms with van der Waals surface area (Å²) in [5.74, 6) is 1.78. The molecule has 0 fully saturated rings. The molecule has 0 saturated heterocycles. The van der Waals surface area contributed by atoms with Gasteiger partial charge in [-0.2, -0.15) is 4.99 Å². The van der Waals surface area contributed by atoms with E-state index in [1.807, 2.05) is 58.0 Å². The molecule has 1 atom stereocenters. The van der Waals surface area contributed by atoms with E-state index in [1.165, 1.54) is 0 Å². The van der Waals surface area contributed by atoms with Crippen molar-refractivity contribution in [2.45, 2.75) is 52.1 Å². The van der Waals surface area contributed by atoms with Crippen molar-refractivity contribution >= 4 is 11.7 Å². The first kappa shape index (κ1) is 24.7. The number of nitrogens with zero attached hydrogens (tertiary/aromatic N) is 1. The Morgan fingerprint density at radius 2 is 1.88 bits per heavy atom. The lowest BCUT2D eigenvalue weighted by atomic mass is 9.99. The fourth-order valence-electron chi connectivity index (χ4n) is 4.12. The van der Waals surface area contributed by atoms with Crippen LogP contribution in [0.1, 0.15) is 62.4 Å². The van der Waals surface area contributed by atoms with E-state index < -0.39 is 0 Å². The minimum Gasteiger partial charge on any atom is -0.490 e. The van der Waals surface area contributed by atoms with Gasteiger partial charge >= 0.3 is 0 Å². The Kier molecular flexibility index (Phi) is 8.10. The zero-order valence-corrected chi connectivity index (χ0v) is 20.2. The molecule has 0 amide bonds. The van der Waals surface area contributed by atoms with E-state index in [9.17, 15) is 5.11 Å². The third-order valence-electron chi connectivity index (χ3n) is 5.68. The summed E-state index contributed by atoms with van der Waals surface area (Å²) < 4.78 is 16.9. The summed E-state index contributed by atoms with van der Waals surface area (Å²) in [6.45, 7) is 8.93.